The standard InChI is InChI=1S/C19H19NO5S/c1-10(2)9-20-11(3)8-13-15(18(20)23)16(22)17(19(24)25-13)26-14-7-5-4-6-12(14)21/h4-8,10,21-22H,9H2,1-3H3. The van der Waals surface area contributed by atoms with Crippen molar-refractivity contribution in [3.05, 3.63) is 56.8 Å². The molecule has 0 atom stereocenters. The fraction of sp³-hybridized carbons (Fsp3) is 0.263. The zero-order valence-corrected chi connectivity index (χ0v) is 15.5. The van der Waals surface area contributed by atoms with E-state index >= 15 is 0 Å². The molecule has 0 spiro atoms. The summed E-state index contributed by atoms with van der Waals surface area (Å²) in [5, 5.41) is 20.5. The molecule has 0 bridgehead atoms. The van der Waals surface area contributed by atoms with Crippen LogP contribution in [-0.4, -0.2) is 14.8 Å². The summed E-state index contributed by atoms with van der Waals surface area (Å²) in [6.07, 6.45) is 0. The molecule has 7 heteroatoms. The average molecular weight is 373 g/mol. The number of para-hydroxylation sites is 1. The second-order valence-electron chi connectivity index (χ2n) is 6.47. The zero-order valence-electron chi connectivity index (χ0n) is 14.6. The molecule has 0 aliphatic heterocycles. The summed E-state index contributed by atoms with van der Waals surface area (Å²) < 4.78 is 6.83. The fourth-order valence-electron chi connectivity index (χ4n) is 2.73. The van der Waals surface area contributed by atoms with Gasteiger partial charge < -0.3 is 19.2 Å². The molecule has 2 N–H and O–H groups in total. The van der Waals surface area contributed by atoms with Gasteiger partial charge >= 0.3 is 5.63 Å². The first-order valence-corrected chi connectivity index (χ1v) is 8.97. The molecule has 2 aromatic heterocycles. The lowest BCUT2D eigenvalue weighted by Gasteiger charge is -2.14. The first-order valence-electron chi connectivity index (χ1n) is 8.15. The number of rotatable bonds is 4. The lowest BCUT2D eigenvalue weighted by atomic mass is 10.2. The third kappa shape index (κ3) is 3.22. The van der Waals surface area contributed by atoms with Crippen molar-refractivity contribution >= 4 is 22.7 Å². The molecule has 26 heavy (non-hydrogen) atoms. The summed E-state index contributed by atoms with van der Waals surface area (Å²) in [6, 6.07) is 8.00. The Morgan fingerprint density at radius 3 is 2.54 bits per heavy atom. The van der Waals surface area contributed by atoms with E-state index in [0.717, 1.165) is 11.8 Å². The minimum atomic E-state index is -0.760. The molecule has 0 saturated heterocycles. The topological polar surface area (TPSA) is 92.7 Å². The summed E-state index contributed by atoms with van der Waals surface area (Å²) >= 11 is 0.861. The van der Waals surface area contributed by atoms with Crippen LogP contribution in [0.3, 0.4) is 0 Å². The van der Waals surface area contributed by atoms with E-state index in [1.807, 2.05) is 13.8 Å². The minimum Gasteiger partial charge on any atom is -0.507 e. The Bertz CT molecular complexity index is 1100. The van der Waals surface area contributed by atoms with Crippen molar-refractivity contribution in [3.63, 3.8) is 0 Å². The molecule has 0 fully saturated rings. The first-order chi connectivity index (χ1) is 12.3. The number of pyridine rings is 1. The average Bonchev–Trinajstić information content (AvgIpc) is 2.56. The monoisotopic (exact) mass is 373 g/mol. The Kier molecular flexibility index (Phi) is 4.82. The highest BCUT2D eigenvalue weighted by molar-refractivity contribution is 7.99. The molecule has 3 aromatic rings. The number of benzene rings is 1. The van der Waals surface area contributed by atoms with Crippen LogP contribution >= 0.6 is 11.8 Å². The van der Waals surface area contributed by atoms with Crippen molar-refractivity contribution in [1.82, 2.24) is 4.57 Å². The summed E-state index contributed by atoms with van der Waals surface area (Å²) in [4.78, 5) is 25.4. The van der Waals surface area contributed by atoms with Gasteiger partial charge in [-0.3, -0.25) is 4.79 Å². The molecular weight excluding hydrogens is 354 g/mol. The maximum absolute atomic E-state index is 12.9. The number of hydrogen-bond acceptors (Lipinski definition) is 6. The van der Waals surface area contributed by atoms with Gasteiger partial charge in [0.15, 0.2) is 5.75 Å². The largest absolute Gasteiger partial charge is 0.507 e. The van der Waals surface area contributed by atoms with Crippen LogP contribution in [0.15, 0.2) is 54.1 Å². The summed E-state index contributed by atoms with van der Waals surface area (Å²) in [5.41, 5.74) is -0.464. The molecule has 0 unspecified atom stereocenters. The van der Waals surface area contributed by atoms with E-state index < -0.39 is 16.9 Å². The van der Waals surface area contributed by atoms with Gasteiger partial charge in [-0.25, -0.2) is 4.79 Å². The molecule has 0 aliphatic carbocycles. The molecule has 2 heterocycles. The molecular formula is C19H19NO5S. The van der Waals surface area contributed by atoms with E-state index in [0.29, 0.717) is 17.1 Å². The van der Waals surface area contributed by atoms with Crippen molar-refractivity contribution in [1.29, 1.82) is 0 Å². The number of phenols is 1. The van der Waals surface area contributed by atoms with E-state index in [1.54, 1.807) is 35.8 Å². The molecule has 0 amide bonds. The Morgan fingerprint density at radius 1 is 1.19 bits per heavy atom. The minimum absolute atomic E-state index is 0.0301. The van der Waals surface area contributed by atoms with Gasteiger partial charge in [-0.1, -0.05) is 37.7 Å². The van der Waals surface area contributed by atoms with E-state index in [4.69, 9.17) is 4.42 Å². The van der Waals surface area contributed by atoms with Crippen LogP contribution in [-0.2, 0) is 6.54 Å². The number of aromatic hydroxyl groups is 2. The van der Waals surface area contributed by atoms with Gasteiger partial charge in [0.25, 0.3) is 5.56 Å². The van der Waals surface area contributed by atoms with E-state index in [1.165, 1.54) is 6.07 Å². The van der Waals surface area contributed by atoms with Gasteiger partial charge in [-0.2, -0.15) is 0 Å². The van der Waals surface area contributed by atoms with Crippen LogP contribution in [0.25, 0.3) is 11.0 Å². The Balaban J connectivity index is 2.25. The Labute approximate surface area is 153 Å². The highest BCUT2D eigenvalue weighted by Gasteiger charge is 2.21. The van der Waals surface area contributed by atoms with Gasteiger partial charge in [0, 0.05) is 18.3 Å². The van der Waals surface area contributed by atoms with E-state index in [2.05, 4.69) is 0 Å². The van der Waals surface area contributed by atoms with Gasteiger partial charge in [0.05, 0.1) is 4.90 Å². The molecule has 3 rings (SSSR count). The molecule has 1 aromatic carbocycles. The van der Waals surface area contributed by atoms with Crippen molar-refractivity contribution in [3.8, 4) is 11.5 Å². The zero-order chi connectivity index (χ0) is 19.0. The normalized spacial score (nSPS) is 11.4. The highest BCUT2D eigenvalue weighted by Crippen LogP contribution is 2.38. The predicted molar refractivity (Wildman–Crippen MR) is 100 cm³/mol. The number of nitrogens with zero attached hydrogens (tertiary/aromatic N) is 1. The number of phenolic OH excluding ortho intramolecular Hbond substituents is 1. The molecule has 0 saturated carbocycles. The second kappa shape index (κ2) is 6.92. The molecule has 0 radical (unpaired) electrons. The van der Waals surface area contributed by atoms with Crippen molar-refractivity contribution in [2.45, 2.75) is 37.1 Å². The maximum atomic E-state index is 12.9. The predicted octanol–water partition coefficient (Wildman–Crippen LogP) is 3.48. The molecule has 6 nitrogen and oxygen atoms in total. The molecule has 0 aliphatic rings. The van der Waals surface area contributed by atoms with Crippen LogP contribution in [0.5, 0.6) is 11.5 Å². The van der Waals surface area contributed by atoms with Crippen LogP contribution in [0.4, 0.5) is 0 Å². The van der Waals surface area contributed by atoms with Gasteiger partial charge in [0.2, 0.25) is 0 Å². The third-order valence-corrected chi connectivity index (χ3v) is 5.07. The van der Waals surface area contributed by atoms with Crippen molar-refractivity contribution in [2.75, 3.05) is 0 Å². The quantitative estimate of drug-likeness (QED) is 0.727. The maximum Gasteiger partial charge on any atom is 0.354 e. The summed E-state index contributed by atoms with van der Waals surface area (Å²) in [6.45, 7) is 6.22. The SMILES string of the molecule is Cc1cc2oc(=O)c(Sc3ccccc3O)c(O)c2c(=O)n1CC(C)C. The summed E-state index contributed by atoms with van der Waals surface area (Å²) in [5.74, 6) is -0.221. The number of fused-ring (bicyclic) bond motifs is 1. The Morgan fingerprint density at radius 2 is 1.88 bits per heavy atom. The highest BCUT2D eigenvalue weighted by atomic mass is 32.2. The second-order valence-corrected chi connectivity index (χ2v) is 7.52. The van der Waals surface area contributed by atoms with Gasteiger partial charge in [-0.15, -0.1) is 0 Å². The van der Waals surface area contributed by atoms with Crippen molar-refractivity contribution in [2.24, 2.45) is 5.92 Å². The van der Waals surface area contributed by atoms with Crippen LogP contribution in [0.1, 0.15) is 19.5 Å². The third-order valence-electron chi connectivity index (χ3n) is 3.94. The smallest absolute Gasteiger partial charge is 0.354 e. The number of aromatic nitrogens is 1. The van der Waals surface area contributed by atoms with Crippen LogP contribution < -0.4 is 11.2 Å². The lowest BCUT2D eigenvalue weighted by Crippen LogP contribution is -2.25. The van der Waals surface area contributed by atoms with E-state index in [9.17, 15) is 19.8 Å². The van der Waals surface area contributed by atoms with Crippen LogP contribution in [0.2, 0.25) is 0 Å². The van der Waals surface area contributed by atoms with Crippen LogP contribution in [0, 0.1) is 12.8 Å². The summed E-state index contributed by atoms with van der Waals surface area (Å²) in [7, 11) is 0. The number of hydrogen-bond donors (Lipinski definition) is 2. The fourth-order valence-corrected chi connectivity index (χ4v) is 3.59. The van der Waals surface area contributed by atoms with Gasteiger partial charge in [-0.05, 0) is 25.0 Å². The Hall–Kier alpha value is -2.67. The van der Waals surface area contributed by atoms with Crippen molar-refractivity contribution < 1.29 is 14.6 Å². The first kappa shape index (κ1) is 18.1. The number of aryl methyl sites for hydroxylation is 1. The lowest BCUT2D eigenvalue weighted by molar-refractivity contribution is 0.442. The molecule has 136 valence electrons. The van der Waals surface area contributed by atoms with Gasteiger partial charge in [0.1, 0.15) is 21.6 Å². The van der Waals surface area contributed by atoms with E-state index in [-0.39, 0.29) is 27.5 Å².